The predicted octanol–water partition coefficient (Wildman–Crippen LogP) is 4.73. The molecule has 0 saturated heterocycles. The van der Waals surface area contributed by atoms with Crippen molar-refractivity contribution in [1.82, 2.24) is 0 Å². The van der Waals surface area contributed by atoms with Crippen molar-refractivity contribution in [2.75, 3.05) is 12.8 Å². The molecule has 0 spiro atoms. The van der Waals surface area contributed by atoms with Crippen molar-refractivity contribution in [2.45, 2.75) is 6.18 Å². The van der Waals surface area contributed by atoms with Crippen LogP contribution in [0.3, 0.4) is 0 Å². The highest BCUT2D eigenvalue weighted by Crippen LogP contribution is 2.39. The maximum atomic E-state index is 12.8. The van der Waals surface area contributed by atoms with Crippen LogP contribution >= 0.6 is 15.9 Å². The van der Waals surface area contributed by atoms with E-state index in [1.165, 1.54) is 7.11 Å². The molecule has 6 heteroatoms. The van der Waals surface area contributed by atoms with Crippen molar-refractivity contribution in [1.29, 1.82) is 0 Å². The number of hydrogen-bond donors (Lipinski definition) is 1. The van der Waals surface area contributed by atoms with Crippen LogP contribution in [0.4, 0.5) is 18.9 Å². The number of alkyl halides is 3. The number of anilines is 1. The third-order valence-electron chi connectivity index (χ3n) is 2.83. The normalized spacial score (nSPS) is 11.4. The second-order valence-electron chi connectivity index (χ2n) is 4.15. The van der Waals surface area contributed by atoms with Crippen LogP contribution in [0.5, 0.6) is 5.75 Å². The Bertz CT molecular complexity index is 624. The first-order chi connectivity index (χ1) is 9.32. The fraction of sp³-hybridized carbons (Fsp3) is 0.143. The molecule has 0 fully saturated rings. The lowest BCUT2D eigenvalue weighted by Gasteiger charge is -2.13. The van der Waals surface area contributed by atoms with Crippen molar-refractivity contribution in [2.24, 2.45) is 0 Å². The third-order valence-corrected chi connectivity index (χ3v) is 3.71. The van der Waals surface area contributed by atoms with Gasteiger partial charge in [-0.05, 0) is 51.3 Å². The van der Waals surface area contributed by atoms with Crippen molar-refractivity contribution in [3.8, 4) is 16.9 Å². The summed E-state index contributed by atoms with van der Waals surface area (Å²) in [5.41, 5.74) is 5.92. The smallest absolute Gasteiger partial charge is 0.416 e. The van der Waals surface area contributed by atoms with E-state index >= 15 is 0 Å². The summed E-state index contributed by atoms with van der Waals surface area (Å²) in [7, 11) is 1.52. The number of benzene rings is 2. The average Bonchev–Trinajstić information content (AvgIpc) is 2.40. The number of ether oxygens (including phenoxy) is 1. The van der Waals surface area contributed by atoms with E-state index in [0.29, 0.717) is 21.3 Å². The number of hydrogen-bond acceptors (Lipinski definition) is 2. The SMILES string of the molecule is COc1ccc(-c2cc(C(F)(F)F)cc(N)c2Br)cc1. The third kappa shape index (κ3) is 2.90. The molecule has 0 aliphatic heterocycles. The van der Waals surface area contributed by atoms with Gasteiger partial charge in [0.25, 0.3) is 0 Å². The molecule has 0 aromatic heterocycles. The molecular formula is C14H11BrF3NO. The summed E-state index contributed by atoms with van der Waals surface area (Å²) >= 11 is 3.23. The lowest BCUT2D eigenvalue weighted by Crippen LogP contribution is -2.06. The minimum absolute atomic E-state index is 0.0469. The first-order valence-electron chi connectivity index (χ1n) is 5.63. The summed E-state index contributed by atoms with van der Waals surface area (Å²) < 4.78 is 43.9. The highest BCUT2D eigenvalue weighted by molar-refractivity contribution is 9.10. The largest absolute Gasteiger partial charge is 0.497 e. The molecule has 0 aliphatic carbocycles. The van der Waals surface area contributed by atoms with E-state index in [1.54, 1.807) is 24.3 Å². The Labute approximate surface area is 122 Å². The molecule has 0 unspecified atom stereocenters. The van der Waals surface area contributed by atoms with Gasteiger partial charge in [-0.25, -0.2) is 0 Å². The maximum absolute atomic E-state index is 12.8. The molecule has 2 nitrogen and oxygen atoms in total. The van der Waals surface area contributed by atoms with Crippen LogP contribution in [0.15, 0.2) is 40.9 Å². The minimum Gasteiger partial charge on any atom is -0.497 e. The lowest BCUT2D eigenvalue weighted by molar-refractivity contribution is -0.137. The molecule has 0 heterocycles. The van der Waals surface area contributed by atoms with Gasteiger partial charge in [0.05, 0.1) is 12.7 Å². The quantitative estimate of drug-likeness (QED) is 0.799. The van der Waals surface area contributed by atoms with Crippen LogP contribution in [0, 0.1) is 0 Å². The number of halogens is 4. The molecular weight excluding hydrogens is 335 g/mol. The molecule has 2 rings (SSSR count). The molecule has 0 atom stereocenters. The van der Waals surface area contributed by atoms with Gasteiger partial charge in [0.2, 0.25) is 0 Å². The fourth-order valence-corrected chi connectivity index (χ4v) is 2.25. The molecule has 0 saturated carbocycles. The molecule has 2 N–H and O–H groups in total. The maximum Gasteiger partial charge on any atom is 0.416 e. The van der Waals surface area contributed by atoms with Crippen molar-refractivity contribution in [3.63, 3.8) is 0 Å². The molecule has 0 amide bonds. The van der Waals surface area contributed by atoms with E-state index in [2.05, 4.69) is 15.9 Å². The van der Waals surface area contributed by atoms with Crippen LogP contribution < -0.4 is 10.5 Å². The number of nitrogens with two attached hydrogens (primary N) is 1. The van der Waals surface area contributed by atoms with Crippen LogP contribution in [0.1, 0.15) is 5.56 Å². The summed E-state index contributed by atoms with van der Waals surface area (Å²) in [6, 6.07) is 8.70. The molecule has 2 aromatic rings. The predicted molar refractivity (Wildman–Crippen MR) is 75.5 cm³/mol. The van der Waals surface area contributed by atoms with Gasteiger partial charge in [-0.15, -0.1) is 0 Å². The van der Waals surface area contributed by atoms with E-state index in [1.807, 2.05) is 0 Å². The summed E-state index contributed by atoms with van der Waals surface area (Å²) in [6.07, 6.45) is -4.43. The zero-order valence-corrected chi connectivity index (χ0v) is 12.0. The van der Waals surface area contributed by atoms with Crippen molar-refractivity contribution < 1.29 is 17.9 Å². The average molecular weight is 346 g/mol. The highest BCUT2D eigenvalue weighted by atomic mass is 79.9. The van der Waals surface area contributed by atoms with Gasteiger partial charge < -0.3 is 10.5 Å². The number of rotatable bonds is 2. The number of methoxy groups -OCH3 is 1. The molecule has 106 valence electrons. The second-order valence-corrected chi connectivity index (χ2v) is 4.95. The molecule has 20 heavy (non-hydrogen) atoms. The first-order valence-corrected chi connectivity index (χ1v) is 6.43. The van der Waals surface area contributed by atoms with Gasteiger partial charge in [0.1, 0.15) is 5.75 Å². The Balaban J connectivity index is 2.57. The van der Waals surface area contributed by atoms with E-state index in [4.69, 9.17) is 10.5 Å². The second kappa shape index (κ2) is 5.36. The summed E-state index contributed by atoms with van der Waals surface area (Å²) in [4.78, 5) is 0. The van der Waals surface area contributed by atoms with E-state index in [9.17, 15) is 13.2 Å². The zero-order valence-electron chi connectivity index (χ0n) is 10.5. The van der Waals surface area contributed by atoms with E-state index < -0.39 is 11.7 Å². The summed E-state index contributed by atoms with van der Waals surface area (Å²) in [6.45, 7) is 0. The first kappa shape index (κ1) is 14.7. The standard InChI is InChI=1S/C14H11BrF3NO/c1-20-10-4-2-8(3-5-10)11-6-9(14(16,17)18)7-12(19)13(11)15/h2-7H,19H2,1H3. The van der Waals surface area contributed by atoms with E-state index in [-0.39, 0.29) is 5.69 Å². The molecule has 0 radical (unpaired) electrons. The molecule has 0 aliphatic rings. The monoisotopic (exact) mass is 345 g/mol. The Kier molecular flexibility index (Phi) is 3.94. The molecule has 2 aromatic carbocycles. The van der Waals surface area contributed by atoms with Gasteiger partial charge in [-0.3, -0.25) is 0 Å². The van der Waals surface area contributed by atoms with Gasteiger partial charge >= 0.3 is 6.18 Å². The Morgan fingerprint density at radius 3 is 2.20 bits per heavy atom. The van der Waals surface area contributed by atoms with Crippen molar-refractivity contribution in [3.05, 3.63) is 46.4 Å². The summed E-state index contributed by atoms with van der Waals surface area (Å²) in [5, 5.41) is 0. The zero-order chi connectivity index (χ0) is 14.9. The lowest BCUT2D eigenvalue weighted by atomic mass is 10.0. The van der Waals surface area contributed by atoms with Crippen LogP contribution in [-0.2, 0) is 6.18 Å². The topological polar surface area (TPSA) is 35.2 Å². The highest BCUT2D eigenvalue weighted by Gasteiger charge is 2.31. The van der Waals surface area contributed by atoms with Crippen LogP contribution in [0.2, 0.25) is 0 Å². The fourth-order valence-electron chi connectivity index (χ4n) is 1.79. The van der Waals surface area contributed by atoms with Gasteiger partial charge in [-0.1, -0.05) is 12.1 Å². The van der Waals surface area contributed by atoms with Crippen LogP contribution in [0.25, 0.3) is 11.1 Å². The Hall–Kier alpha value is -1.69. The minimum atomic E-state index is -4.43. The Morgan fingerprint density at radius 2 is 1.70 bits per heavy atom. The summed E-state index contributed by atoms with van der Waals surface area (Å²) in [5.74, 6) is 0.629. The Morgan fingerprint density at radius 1 is 1.10 bits per heavy atom. The van der Waals surface area contributed by atoms with Gasteiger partial charge in [-0.2, -0.15) is 13.2 Å². The van der Waals surface area contributed by atoms with Gasteiger partial charge in [0, 0.05) is 10.2 Å². The number of nitrogen functional groups attached to an aromatic ring is 1. The van der Waals surface area contributed by atoms with Gasteiger partial charge in [0.15, 0.2) is 0 Å². The van der Waals surface area contributed by atoms with Crippen LogP contribution in [-0.4, -0.2) is 7.11 Å². The van der Waals surface area contributed by atoms with Crippen molar-refractivity contribution >= 4 is 21.6 Å². The molecule has 0 bridgehead atoms. The van der Waals surface area contributed by atoms with E-state index in [0.717, 1.165) is 12.1 Å².